The normalized spacial score (nSPS) is 18.3. The van der Waals surface area contributed by atoms with Gasteiger partial charge in [-0.3, -0.25) is 43.5 Å². The summed E-state index contributed by atoms with van der Waals surface area (Å²) in [6.07, 6.45) is 12.4. The Bertz CT molecular complexity index is 3420. The lowest BCUT2D eigenvalue weighted by molar-refractivity contribution is -0.161. The number of azide groups is 1. The zero-order valence-electron chi connectivity index (χ0n) is 66.6. The van der Waals surface area contributed by atoms with Crippen molar-refractivity contribution in [2.45, 2.75) is 247 Å². The van der Waals surface area contributed by atoms with Crippen LogP contribution in [0.1, 0.15) is 241 Å². The van der Waals surface area contributed by atoms with E-state index in [1.165, 1.54) is 41.8 Å². The number of esters is 5. The first-order chi connectivity index (χ1) is 52.0. The van der Waals surface area contributed by atoms with E-state index in [4.69, 9.17) is 34.5 Å². The molecule has 0 spiro atoms. The van der Waals surface area contributed by atoms with Gasteiger partial charge in [0.2, 0.25) is 46.6 Å². The second-order valence-corrected chi connectivity index (χ2v) is 31.9. The van der Waals surface area contributed by atoms with Gasteiger partial charge < -0.3 is 43.5 Å². The number of nitrogens with zero attached hydrogens (tertiary/aromatic N) is 10. The minimum Gasteiger partial charge on any atom is -0.480 e. The highest BCUT2D eigenvalue weighted by atomic mass is 32.1. The molecule has 0 aliphatic carbocycles. The van der Waals surface area contributed by atoms with Gasteiger partial charge in [-0.25, -0.2) is 41.7 Å². The Balaban J connectivity index is 0.000000530. The summed E-state index contributed by atoms with van der Waals surface area (Å²) in [6.45, 7) is 25.7. The quantitative estimate of drug-likeness (QED) is 0.00479. The summed E-state index contributed by atoms with van der Waals surface area (Å²) in [5.41, 5.74) is 9.58. The summed E-state index contributed by atoms with van der Waals surface area (Å²) < 4.78 is 101. The summed E-state index contributed by atoms with van der Waals surface area (Å²) in [6, 6.07) is -2.64. The van der Waals surface area contributed by atoms with Crippen LogP contribution in [0.5, 0.6) is 5.75 Å². The van der Waals surface area contributed by atoms with Gasteiger partial charge in [0.25, 0.3) is 0 Å². The Morgan fingerprint density at radius 2 is 1.01 bits per heavy atom. The fraction of sp³-hybridized carbons (Fsp3) is 0.716. The number of hydrogen-bond acceptors (Lipinski definition) is 23. The molecule has 0 radical (unpaired) electrons. The Hall–Kier alpha value is -6.50. The van der Waals surface area contributed by atoms with Crippen molar-refractivity contribution in [2.75, 3.05) is 68.5 Å². The average Bonchev–Trinajstić information content (AvgIpc) is 1.10. The molecule has 3 aliphatic rings. The zero-order chi connectivity index (χ0) is 83.2. The molecule has 110 heavy (non-hydrogen) atoms. The number of halogens is 6. The Labute approximate surface area is 654 Å². The minimum absolute atomic E-state index is 0.0130. The molecule has 3 aliphatic heterocycles. The molecule has 26 nitrogen and oxygen atoms in total. The molecule has 36 heteroatoms. The van der Waals surface area contributed by atoms with Gasteiger partial charge in [0.1, 0.15) is 26.7 Å². The largest absolute Gasteiger partial charge is 0.480 e. The first kappa shape index (κ1) is 99.6. The number of aliphatic carboxylic acids is 1. The number of ketones is 1. The third-order valence-corrected chi connectivity index (χ3v) is 22.2. The van der Waals surface area contributed by atoms with Crippen LogP contribution in [0.3, 0.4) is 0 Å². The molecule has 13 atom stereocenters. The maximum Gasteiger partial charge on any atom is 0.357 e. The summed E-state index contributed by atoms with van der Waals surface area (Å²) in [7, 11) is 6.83. The van der Waals surface area contributed by atoms with E-state index in [2.05, 4.69) is 29.6 Å². The van der Waals surface area contributed by atoms with Crippen LogP contribution in [0.15, 0.2) is 15.9 Å². The Kier molecular flexibility index (Phi) is 47.1. The number of carbonyl (C=O) groups excluding carboxylic acids is 8. The standard InChI is InChI=1S/C31H51N3O6S.C23H37N5O5S.C13H12F5NO2.C7H13NO2.FH3OP2/c1-9-13-28(36)40-19-34(26(20(3)4)16-22(6)29-32-24(18-41-29)31(38)39-8)30(37)23(21(5)10-2)17-27(35)25-14-11-12-15-33(25)7;1-8-10-19(29)33-13-28(22(30)20(26-27-24)15(5)9-2)18(14(3)4)11-16(6)21-25-17(12-34-21)23(31)32-7;1-19-5-3-2-4-6(19)13(20)21-12-10(17)8(15)7(14)9(16)11(12)18;1-8-5-3-2-4-6(8)7(9)10;1-3-4-2/h18,20-23,25-26H,9-17,19H2,1-8H3;12,14-16,18,20H,8-11,13H2,1-7H3;6H,2-5H2,1H3;6H,2-5H2,1H3,(H,9,10);2-4H/t21-,22+,23-,25?,26+;15-,16+,18+,20-;;;/m00.../s1. The lowest BCUT2D eigenvalue weighted by Gasteiger charge is -2.39. The van der Waals surface area contributed by atoms with Crippen LogP contribution >= 0.6 is 39.7 Å². The van der Waals surface area contributed by atoms with Gasteiger partial charge >= 0.3 is 35.8 Å². The number of carboxylic acid groups (broad SMARTS) is 1. The number of hydrogen-bond donors (Lipinski definition) is 2. The number of amides is 2. The molecule has 622 valence electrons. The molecule has 3 aromatic rings. The van der Waals surface area contributed by atoms with Crippen LogP contribution < -0.4 is 4.74 Å². The number of carbonyl (C=O) groups is 9. The molecule has 2 N–H and O–H groups in total. The van der Waals surface area contributed by atoms with Crippen molar-refractivity contribution >= 4 is 93.2 Å². The lowest BCUT2D eigenvalue weighted by Crippen LogP contribution is -2.50. The van der Waals surface area contributed by atoms with Crippen molar-refractivity contribution in [2.24, 2.45) is 34.7 Å². The van der Waals surface area contributed by atoms with Gasteiger partial charge in [-0.1, -0.05) is 120 Å². The van der Waals surface area contributed by atoms with Crippen molar-refractivity contribution in [3.05, 3.63) is 71.7 Å². The Morgan fingerprint density at radius 1 is 0.618 bits per heavy atom. The van der Waals surface area contributed by atoms with Crippen molar-refractivity contribution in [3.63, 3.8) is 0 Å². The van der Waals surface area contributed by atoms with Crippen LogP contribution in [0.25, 0.3) is 10.4 Å². The first-order valence-corrected chi connectivity index (χ1v) is 42.0. The molecule has 5 heterocycles. The third kappa shape index (κ3) is 31.5. The summed E-state index contributed by atoms with van der Waals surface area (Å²) in [5, 5.41) is 17.3. The van der Waals surface area contributed by atoms with E-state index >= 15 is 0 Å². The highest BCUT2D eigenvalue weighted by Crippen LogP contribution is 2.36. The number of Topliss-reactive ketones (excluding diaryl/α,β-unsaturated/α-hetero) is 1. The fourth-order valence-corrected chi connectivity index (χ4v) is 14.4. The number of thiazole rings is 2. The summed E-state index contributed by atoms with van der Waals surface area (Å²) in [4.78, 5) is 140. The monoisotopic (exact) mass is 1640 g/mol. The molecule has 1 aromatic carbocycles. The number of benzene rings is 1. The van der Waals surface area contributed by atoms with Crippen LogP contribution in [-0.2, 0) is 52.5 Å². The molecule has 5 unspecified atom stereocenters. The van der Waals surface area contributed by atoms with E-state index in [9.17, 15) is 69.3 Å². The van der Waals surface area contributed by atoms with Gasteiger partial charge in [-0.2, -0.15) is 8.78 Å². The van der Waals surface area contributed by atoms with E-state index in [0.717, 1.165) is 74.5 Å². The molecule has 2 amide bonds. The van der Waals surface area contributed by atoms with Crippen LogP contribution in [0, 0.1) is 58.7 Å². The second kappa shape index (κ2) is 52.0. The molecule has 3 saturated heterocycles. The number of ether oxygens (including phenoxy) is 5. The van der Waals surface area contributed by atoms with E-state index in [1.54, 1.807) is 27.6 Å². The molecule has 6 rings (SSSR count). The number of likely N-dealkylation sites (tertiary alicyclic amines) is 3. The molecule has 0 bridgehead atoms. The molecular weight excluding hydrogens is 1520 g/mol. The van der Waals surface area contributed by atoms with Crippen LogP contribution in [0.2, 0.25) is 0 Å². The van der Waals surface area contributed by atoms with Crippen molar-refractivity contribution in [1.82, 2.24) is 34.5 Å². The number of methoxy groups -OCH3 is 2. The number of likely N-dealkylation sites (N-methyl/N-ethyl adjacent to an activating group) is 3. The predicted octanol–water partition coefficient (Wildman–Crippen LogP) is 15.4. The lowest BCUT2D eigenvalue weighted by atomic mass is 9.82. The smallest absolute Gasteiger partial charge is 0.357 e. The maximum absolute atomic E-state index is 14.4. The number of rotatable bonds is 34. The first-order valence-electron chi connectivity index (χ1n) is 37.4. The van der Waals surface area contributed by atoms with E-state index in [-0.39, 0.29) is 133 Å². The van der Waals surface area contributed by atoms with Gasteiger partial charge in [0.15, 0.2) is 30.6 Å². The summed E-state index contributed by atoms with van der Waals surface area (Å²) >= 11 is 2.74. The number of piperidine rings is 3. The molecular formula is C74H116F6N10O16P2S2. The van der Waals surface area contributed by atoms with Crippen LogP contribution in [-0.4, -0.2) is 203 Å². The van der Waals surface area contributed by atoms with Crippen LogP contribution in [0.4, 0.5) is 26.1 Å². The summed E-state index contributed by atoms with van der Waals surface area (Å²) in [5.74, 6) is -17.1. The third-order valence-electron chi connectivity index (χ3n) is 19.7. The van der Waals surface area contributed by atoms with Crippen molar-refractivity contribution in [1.29, 1.82) is 0 Å². The Morgan fingerprint density at radius 3 is 1.35 bits per heavy atom. The number of aromatic nitrogens is 2. The van der Waals surface area contributed by atoms with E-state index in [0.29, 0.717) is 51.5 Å². The topological polar surface area (TPSA) is 331 Å². The highest BCUT2D eigenvalue weighted by molar-refractivity contribution is 8.06. The van der Waals surface area contributed by atoms with Gasteiger partial charge in [0, 0.05) is 64.8 Å². The minimum atomic E-state index is -2.29. The highest BCUT2D eigenvalue weighted by Gasteiger charge is 2.41. The maximum atomic E-state index is 14.4. The van der Waals surface area contributed by atoms with Crippen molar-refractivity contribution in [3.8, 4) is 5.75 Å². The second-order valence-electron chi connectivity index (χ2n) is 28.5. The molecule has 0 saturated carbocycles. The SMILES string of the molecule is CCCC(=O)OCN(C(=O)[C@@H](CC(=O)C1CCCCN1C)[C@@H](C)CC)[C@H](C[C@@H](C)c1nc(C(=O)OC)cs1)C(C)C.CCCC(=O)OCN(C(=O)[C@@H](N=[N+]=[N-])[C@@H](C)CC)[C@H](C[C@@H](C)c1nc(C(=O)OC)cs1)C(C)C.CN1CCCCC1C(=O)O.CN1CCCCC1C(=O)Oc1c(F)c(F)c(F)c(F)c1F.OPPF. The average molecular weight is 1640 g/mol. The molecule has 3 fully saturated rings. The predicted molar refractivity (Wildman–Crippen MR) is 411 cm³/mol. The molecule has 2 aromatic heterocycles. The van der Waals surface area contributed by atoms with Gasteiger partial charge in [-0.05, 0) is 134 Å². The zero-order valence-corrected chi connectivity index (χ0v) is 70.2. The van der Waals surface area contributed by atoms with Gasteiger partial charge in [-0.15, -0.1) is 22.7 Å². The fourth-order valence-electron chi connectivity index (χ4n) is 12.7. The van der Waals surface area contributed by atoms with Crippen molar-refractivity contribution < 1.29 is 103 Å². The van der Waals surface area contributed by atoms with E-state index in [1.807, 2.05) is 102 Å². The van der Waals surface area contributed by atoms with Gasteiger partial charge in [0.05, 0.1) is 38.8 Å². The van der Waals surface area contributed by atoms with E-state index < -0.39 is 93.8 Å². The number of carboxylic acids is 1.